The molecule has 1 aromatic carbocycles. The summed E-state index contributed by atoms with van der Waals surface area (Å²) in [5.74, 6) is -0.259. The van der Waals surface area contributed by atoms with Crippen LogP contribution in [-0.2, 0) is 16.0 Å². The Morgan fingerprint density at radius 2 is 2.05 bits per heavy atom. The number of anilines is 1. The number of aliphatic carboxylic acids is 1. The first-order valence-electron chi connectivity index (χ1n) is 6.25. The maximum atomic E-state index is 11.6. The molecule has 0 aliphatic heterocycles. The number of nitrogens with one attached hydrogen (secondary N) is 1. The fraction of sp³-hybridized carbons (Fsp3) is 0.429. The molecule has 0 bridgehead atoms. The lowest BCUT2D eigenvalue weighted by Gasteiger charge is -2.10. The summed E-state index contributed by atoms with van der Waals surface area (Å²) >= 11 is 0. The zero-order valence-electron chi connectivity index (χ0n) is 11.2. The zero-order valence-corrected chi connectivity index (χ0v) is 11.2. The van der Waals surface area contributed by atoms with Crippen LogP contribution in [0.3, 0.4) is 0 Å². The van der Waals surface area contributed by atoms with Gasteiger partial charge in [-0.1, -0.05) is 6.92 Å². The minimum absolute atomic E-state index is 0.0102. The van der Waals surface area contributed by atoms with Crippen molar-refractivity contribution >= 4 is 17.6 Å². The van der Waals surface area contributed by atoms with Gasteiger partial charge in [-0.2, -0.15) is 0 Å². The van der Waals surface area contributed by atoms with E-state index in [4.69, 9.17) is 9.84 Å². The van der Waals surface area contributed by atoms with Crippen molar-refractivity contribution in [2.24, 2.45) is 0 Å². The first kappa shape index (κ1) is 15.0. The number of carbonyl (C=O) groups excluding carboxylic acids is 1. The van der Waals surface area contributed by atoms with E-state index in [1.807, 2.05) is 19.1 Å². The molecule has 0 saturated heterocycles. The number of aryl methyl sites for hydroxylation is 1. The van der Waals surface area contributed by atoms with Crippen molar-refractivity contribution in [3.05, 3.63) is 23.8 Å². The SMILES string of the molecule is CCc1cc(NC(=O)CCCC(=O)O)ccc1OC. The van der Waals surface area contributed by atoms with E-state index in [-0.39, 0.29) is 18.7 Å². The van der Waals surface area contributed by atoms with Crippen LogP contribution in [0.15, 0.2) is 18.2 Å². The van der Waals surface area contributed by atoms with Gasteiger partial charge < -0.3 is 15.2 Å². The molecule has 0 spiro atoms. The van der Waals surface area contributed by atoms with Crippen molar-refractivity contribution in [3.8, 4) is 5.75 Å². The predicted molar refractivity (Wildman–Crippen MR) is 72.5 cm³/mol. The van der Waals surface area contributed by atoms with Crippen LogP contribution >= 0.6 is 0 Å². The van der Waals surface area contributed by atoms with E-state index >= 15 is 0 Å². The Hall–Kier alpha value is -2.04. The van der Waals surface area contributed by atoms with Gasteiger partial charge in [0, 0.05) is 18.5 Å². The van der Waals surface area contributed by atoms with Gasteiger partial charge in [0.25, 0.3) is 0 Å². The van der Waals surface area contributed by atoms with Gasteiger partial charge in [0.05, 0.1) is 7.11 Å². The maximum absolute atomic E-state index is 11.6. The summed E-state index contributed by atoms with van der Waals surface area (Å²) in [6.07, 6.45) is 1.37. The number of carboxylic acid groups (broad SMARTS) is 1. The summed E-state index contributed by atoms with van der Waals surface area (Å²) in [5, 5.41) is 11.3. The first-order valence-corrected chi connectivity index (χ1v) is 6.25. The molecule has 19 heavy (non-hydrogen) atoms. The van der Waals surface area contributed by atoms with E-state index in [9.17, 15) is 9.59 Å². The molecule has 0 fully saturated rings. The number of benzene rings is 1. The summed E-state index contributed by atoms with van der Waals surface area (Å²) in [7, 11) is 1.61. The number of hydrogen-bond acceptors (Lipinski definition) is 3. The molecule has 104 valence electrons. The second kappa shape index (κ2) is 7.41. The number of hydrogen-bond donors (Lipinski definition) is 2. The lowest BCUT2D eigenvalue weighted by molar-refractivity contribution is -0.137. The lowest BCUT2D eigenvalue weighted by Crippen LogP contribution is -2.12. The van der Waals surface area contributed by atoms with Crippen molar-refractivity contribution in [2.75, 3.05) is 12.4 Å². The highest BCUT2D eigenvalue weighted by Crippen LogP contribution is 2.23. The molecule has 0 aliphatic rings. The number of rotatable bonds is 7. The second-order valence-electron chi connectivity index (χ2n) is 4.18. The predicted octanol–water partition coefficient (Wildman–Crippen LogP) is 2.45. The fourth-order valence-electron chi connectivity index (χ4n) is 1.76. The average molecular weight is 265 g/mol. The minimum atomic E-state index is -0.884. The zero-order chi connectivity index (χ0) is 14.3. The Labute approximate surface area is 112 Å². The van der Waals surface area contributed by atoms with E-state index in [1.165, 1.54) is 0 Å². The Bertz CT molecular complexity index is 457. The van der Waals surface area contributed by atoms with E-state index in [0.717, 1.165) is 17.7 Å². The number of carbonyl (C=O) groups is 2. The summed E-state index contributed by atoms with van der Waals surface area (Å²) in [6, 6.07) is 5.45. The van der Waals surface area contributed by atoms with Crippen LogP contribution in [0.5, 0.6) is 5.75 Å². The molecule has 1 amide bonds. The third kappa shape index (κ3) is 4.99. The molecule has 0 saturated carbocycles. The standard InChI is InChI=1S/C14H19NO4/c1-3-10-9-11(7-8-12(10)19-2)15-13(16)5-4-6-14(17)18/h7-9H,3-6H2,1-2H3,(H,15,16)(H,17,18). The Morgan fingerprint density at radius 3 is 2.63 bits per heavy atom. The molecule has 0 heterocycles. The molecular formula is C14H19NO4. The summed E-state index contributed by atoms with van der Waals surface area (Å²) in [6.45, 7) is 2.01. The topological polar surface area (TPSA) is 75.6 Å². The van der Waals surface area contributed by atoms with Crippen molar-refractivity contribution in [2.45, 2.75) is 32.6 Å². The second-order valence-corrected chi connectivity index (χ2v) is 4.18. The third-order valence-electron chi connectivity index (χ3n) is 2.74. The normalized spacial score (nSPS) is 10.0. The van der Waals surface area contributed by atoms with Gasteiger partial charge in [0.2, 0.25) is 5.91 Å². The van der Waals surface area contributed by atoms with Gasteiger partial charge in [-0.15, -0.1) is 0 Å². The van der Waals surface area contributed by atoms with Gasteiger partial charge in [-0.05, 0) is 36.6 Å². The quantitative estimate of drug-likeness (QED) is 0.794. The minimum Gasteiger partial charge on any atom is -0.496 e. The Kier molecular flexibility index (Phi) is 5.85. The van der Waals surface area contributed by atoms with Crippen LogP contribution in [0.4, 0.5) is 5.69 Å². The van der Waals surface area contributed by atoms with Crippen molar-refractivity contribution in [1.82, 2.24) is 0 Å². The van der Waals surface area contributed by atoms with Crippen LogP contribution in [-0.4, -0.2) is 24.1 Å². The first-order chi connectivity index (χ1) is 9.06. The molecule has 0 atom stereocenters. The summed E-state index contributed by atoms with van der Waals surface area (Å²) in [5.41, 5.74) is 1.73. The molecular weight excluding hydrogens is 246 g/mol. The smallest absolute Gasteiger partial charge is 0.303 e. The molecule has 1 rings (SSSR count). The highest BCUT2D eigenvalue weighted by molar-refractivity contribution is 5.91. The van der Waals surface area contributed by atoms with E-state index in [1.54, 1.807) is 13.2 Å². The molecule has 0 aliphatic carbocycles. The molecule has 5 heteroatoms. The summed E-state index contributed by atoms with van der Waals surface area (Å²) < 4.78 is 5.21. The molecule has 5 nitrogen and oxygen atoms in total. The monoisotopic (exact) mass is 265 g/mol. The average Bonchev–Trinajstić information content (AvgIpc) is 2.38. The van der Waals surface area contributed by atoms with Gasteiger partial charge >= 0.3 is 5.97 Å². The van der Waals surface area contributed by atoms with Gasteiger partial charge in [0.15, 0.2) is 0 Å². The van der Waals surface area contributed by atoms with Crippen molar-refractivity contribution in [1.29, 1.82) is 0 Å². The number of methoxy groups -OCH3 is 1. The van der Waals surface area contributed by atoms with Crippen LogP contribution < -0.4 is 10.1 Å². The highest BCUT2D eigenvalue weighted by atomic mass is 16.5. The molecule has 1 aromatic rings. The lowest BCUT2D eigenvalue weighted by atomic mass is 10.1. The van der Waals surface area contributed by atoms with Crippen molar-refractivity contribution in [3.63, 3.8) is 0 Å². The van der Waals surface area contributed by atoms with Gasteiger partial charge in [-0.25, -0.2) is 0 Å². The van der Waals surface area contributed by atoms with Crippen LogP contribution in [0.1, 0.15) is 31.7 Å². The largest absolute Gasteiger partial charge is 0.496 e. The van der Waals surface area contributed by atoms with Crippen molar-refractivity contribution < 1.29 is 19.4 Å². The third-order valence-corrected chi connectivity index (χ3v) is 2.74. The van der Waals surface area contributed by atoms with E-state index < -0.39 is 5.97 Å². The maximum Gasteiger partial charge on any atom is 0.303 e. The Balaban J connectivity index is 2.57. The summed E-state index contributed by atoms with van der Waals surface area (Å²) in [4.78, 5) is 22.0. The van der Waals surface area contributed by atoms with Crippen LogP contribution in [0.25, 0.3) is 0 Å². The van der Waals surface area contributed by atoms with E-state index in [0.29, 0.717) is 12.1 Å². The van der Waals surface area contributed by atoms with Gasteiger partial charge in [-0.3, -0.25) is 9.59 Å². The number of amides is 1. The Morgan fingerprint density at radius 1 is 1.32 bits per heavy atom. The number of carboxylic acids is 1. The fourth-order valence-corrected chi connectivity index (χ4v) is 1.76. The van der Waals surface area contributed by atoms with Gasteiger partial charge in [0.1, 0.15) is 5.75 Å². The molecule has 0 radical (unpaired) electrons. The van der Waals surface area contributed by atoms with E-state index in [2.05, 4.69) is 5.32 Å². The number of ether oxygens (including phenoxy) is 1. The molecule has 0 aromatic heterocycles. The van der Waals surface area contributed by atoms with Crippen LogP contribution in [0.2, 0.25) is 0 Å². The molecule has 0 unspecified atom stereocenters. The molecule has 2 N–H and O–H groups in total. The van der Waals surface area contributed by atoms with Crippen LogP contribution in [0, 0.1) is 0 Å². The highest BCUT2D eigenvalue weighted by Gasteiger charge is 2.07.